The molecule has 0 atom stereocenters. The molecule has 7 nitrogen and oxygen atoms in total. The Kier molecular flexibility index (Phi) is 5.84. The van der Waals surface area contributed by atoms with Crippen LogP contribution in [0.3, 0.4) is 0 Å². The summed E-state index contributed by atoms with van der Waals surface area (Å²) in [5.41, 5.74) is 2.52. The highest BCUT2D eigenvalue weighted by atomic mass is 35.5. The van der Waals surface area contributed by atoms with Crippen LogP contribution in [0, 0.1) is 0 Å². The van der Waals surface area contributed by atoms with E-state index in [0.29, 0.717) is 16.6 Å². The van der Waals surface area contributed by atoms with Crippen LogP contribution < -0.4 is 5.14 Å². The summed E-state index contributed by atoms with van der Waals surface area (Å²) < 4.78 is 28.4. The second kappa shape index (κ2) is 8.58. The number of ether oxygens (including phenoxy) is 1. The predicted molar refractivity (Wildman–Crippen MR) is 121 cm³/mol. The summed E-state index contributed by atoms with van der Waals surface area (Å²) >= 11 is 5.84. The SMILES string of the molecule is NS(=O)(=O)c1cc(C(=O)OCC(=O)c2c(-c3ccccc3)[nH]c3ccccc23)ccc1Cl. The molecular weight excluding hydrogens is 452 g/mol. The number of ketones is 1. The summed E-state index contributed by atoms with van der Waals surface area (Å²) in [6, 6.07) is 20.2. The third-order valence-corrected chi connectivity index (χ3v) is 6.25. The fourth-order valence-electron chi connectivity index (χ4n) is 3.39. The maximum absolute atomic E-state index is 13.1. The fraction of sp³-hybridized carbons (Fsp3) is 0.0435. The van der Waals surface area contributed by atoms with Gasteiger partial charge in [-0.15, -0.1) is 0 Å². The van der Waals surface area contributed by atoms with E-state index in [1.54, 1.807) is 0 Å². The van der Waals surface area contributed by atoms with Crippen LogP contribution in [0.5, 0.6) is 0 Å². The van der Waals surface area contributed by atoms with Crippen molar-refractivity contribution in [2.24, 2.45) is 5.14 Å². The van der Waals surface area contributed by atoms with Crippen LogP contribution >= 0.6 is 11.6 Å². The lowest BCUT2D eigenvalue weighted by atomic mass is 10.0. The highest BCUT2D eigenvalue weighted by Gasteiger charge is 2.22. The van der Waals surface area contributed by atoms with Crippen LogP contribution in [-0.2, 0) is 14.8 Å². The van der Waals surface area contributed by atoms with Crippen LogP contribution in [0.15, 0.2) is 77.7 Å². The fourth-order valence-corrected chi connectivity index (χ4v) is 4.46. The van der Waals surface area contributed by atoms with Crippen LogP contribution in [0.2, 0.25) is 5.02 Å². The zero-order valence-electron chi connectivity index (χ0n) is 16.5. The van der Waals surface area contributed by atoms with Crippen molar-refractivity contribution in [2.45, 2.75) is 4.90 Å². The summed E-state index contributed by atoms with van der Waals surface area (Å²) in [6.07, 6.45) is 0. The van der Waals surface area contributed by atoms with Gasteiger partial charge in [0.25, 0.3) is 0 Å². The monoisotopic (exact) mass is 468 g/mol. The molecule has 4 aromatic rings. The molecule has 0 saturated heterocycles. The second-order valence-corrected chi connectivity index (χ2v) is 8.91. The maximum atomic E-state index is 13.1. The lowest BCUT2D eigenvalue weighted by Gasteiger charge is -2.08. The van der Waals surface area contributed by atoms with E-state index >= 15 is 0 Å². The van der Waals surface area contributed by atoms with Crippen molar-refractivity contribution in [1.82, 2.24) is 4.98 Å². The first-order valence-electron chi connectivity index (χ1n) is 9.44. The molecular formula is C23H17ClN2O5S. The lowest BCUT2D eigenvalue weighted by molar-refractivity contribution is 0.0475. The number of H-pyrrole nitrogens is 1. The largest absolute Gasteiger partial charge is 0.454 e. The van der Waals surface area contributed by atoms with Gasteiger partial charge in [0.1, 0.15) is 4.90 Å². The molecule has 0 unspecified atom stereocenters. The average Bonchev–Trinajstić information content (AvgIpc) is 3.17. The van der Waals surface area contributed by atoms with E-state index in [2.05, 4.69) is 4.98 Å². The smallest absolute Gasteiger partial charge is 0.338 e. The van der Waals surface area contributed by atoms with Gasteiger partial charge in [-0.3, -0.25) is 4.79 Å². The van der Waals surface area contributed by atoms with E-state index in [-0.39, 0.29) is 10.6 Å². The Hall–Kier alpha value is -3.46. The number of rotatable bonds is 6. The lowest BCUT2D eigenvalue weighted by Crippen LogP contribution is -2.17. The van der Waals surface area contributed by atoms with Gasteiger partial charge in [0.05, 0.1) is 21.8 Å². The minimum atomic E-state index is -4.13. The van der Waals surface area contributed by atoms with Crippen molar-refractivity contribution >= 4 is 44.3 Å². The number of sulfonamides is 1. The molecule has 0 aliphatic heterocycles. The van der Waals surface area contributed by atoms with E-state index in [9.17, 15) is 18.0 Å². The highest BCUT2D eigenvalue weighted by Crippen LogP contribution is 2.31. The number of para-hydroxylation sites is 1. The summed E-state index contributed by atoms with van der Waals surface area (Å²) in [4.78, 5) is 28.4. The van der Waals surface area contributed by atoms with Crippen LogP contribution in [0.1, 0.15) is 20.7 Å². The number of hydrogen-bond acceptors (Lipinski definition) is 5. The number of aromatic nitrogens is 1. The zero-order chi connectivity index (χ0) is 22.9. The number of Topliss-reactive ketones (excluding diaryl/α,β-unsaturated/α-hetero) is 1. The average molecular weight is 469 g/mol. The first-order valence-corrected chi connectivity index (χ1v) is 11.4. The van der Waals surface area contributed by atoms with Crippen molar-refractivity contribution < 1.29 is 22.7 Å². The number of aromatic amines is 1. The molecule has 32 heavy (non-hydrogen) atoms. The number of halogens is 1. The van der Waals surface area contributed by atoms with Crippen LogP contribution in [0.25, 0.3) is 22.2 Å². The third kappa shape index (κ3) is 4.29. The number of nitrogens with two attached hydrogens (primary N) is 1. The number of nitrogens with one attached hydrogen (secondary N) is 1. The number of primary sulfonamides is 1. The molecule has 4 rings (SSSR count). The Bertz CT molecular complexity index is 1450. The van der Waals surface area contributed by atoms with E-state index < -0.39 is 33.3 Å². The Morgan fingerprint density at radius 1 is 0.969 bits per heavy atom. The third-order valence-electron chi connectivity index (χ3n) is 4.86. The molecule has 9 heteroatoms. The number of carbonyl (C=O) groups is 2. The molecule has 1 heterocycles. The number of esters is 1. The van der Waals surface area contributed by atoms with Gasteiger partial charge < -0.3 is 9.72 Å². The topological polar surface area (TPSA) is 119 Å². The normalized spacial score (nSPS) is 11.4. The number of hydrogen-bond donors (Lipinski definition) is 2. The van der Waals surface area contributed by atoms with Gasteiger partial charge >= 0.3 is 5.97 Å². The summed E-state index contributed by atoms with van der Waals surface area (Å²) in [7, 11) is -4.13. The molecule has 162 valence electrons. The molecule has 3 N–H and O–H groups in total. The van der Waals surface area contributed by atoms with Gasteiger partial charge in [-0.2, -0.15) is 0 Å². The van der Waals surface area contributed by atoms with Gasteiger partial charge in [-0.25, -0.2) is 18.4 Å². The molecule has 0 saturated carbocycles. The Morgan fingerprint density at radius 3 is 2.38 bits per heavy atom. The molecule has 0 bridgehead atoms. The molecule has 0 aliphatic rings. The quantitative estimate of drug-likeness (QED) is 0.325. The van der Waals surface area contributed by atoms with Gasteiger partial charge in [0.15, 0.2) is 6.61 Å². The summed E-state index contributed by atoms with van der Waals surface area (Å²) in [6.45, 7) is -0.534. The number of carbonyl (C=O) groups excluding carboxylic acids is 2. The number of benzene rings is 3. The molecule has 0 fully saturated rings. The van der Waals surface area contributed by atoms with Crippen LogP contribution in [0.4, 0.5) is 0 Å². The van der Waals surface area contributed by atoms with Crippen LogP contribution in [-0.4, -0.2) is 31.8 Å². The van der Waals surface area contributed by atoms with Crippen molar-refractivity contribution in [3.05, 3.63) is 88.9 Å². The van der Waals surface area contributed by atoms with E-state index in [1.807, 2.05) is 54.6 Å². The highest BCUT2D eigenvalue weighted by molar-refractivity contribution is 7.89. The minimum Gasteiger partial charge on any atom is -0.454 e. The first-order chi connectivity index (χ1) is 15.3. The van der Waals surface area contributed by atoms with E-state index in [1.165, 1.54) is 12.1 Å². The van der Waals surface area contributed by atoms with E-state index in [0.717, 1.165) is 17.1 Å². The molecule has 0 aliphatic carbocycles. The zero-order valence-corrected chi connectivity index (χ0v) is 18.1. The molecule has 0 amide bonds. The van der Waals surface area contributed by atoms with Crippen molar-refractivity contribution in [3.8, 4) is 11.3 Å². The van der Waals surface area contributed by atoms with Crippen molar-refractivity contribution in [2.75, 3.05) is 6.61 Å². The van der Waals surface area contributed by atoms with Crippen molar-refractivity contribution in [1.29, 1.82) is 0 Å². The molecule has 0 spiro atoms. The standard InChI is InChI=1S/C23H17ClN2O5S/c24-17-11-10-15(12-20(17)32(25,29)30)23(28)31-13-19(27)21-16-8-4-5-9-18(16)26-22(21)14-6-2-1-3-7-14/h1-12,26H,13H2,(H2,25,29,30). The maximum Gasteiger partial charge on any atom is 0.338 e. The van der Waals surface area contributed by atoms with E-state index in [4.69, 9.17) is 21.5 Å². The summed E-state index contributed by atoms with van der Waals surface area (Å²) in [5.74, 6) is -1.28. The Morgan fingerprint density at radius 2 is 1.66 bits per heavy atom. The Balaban J connectivity index is 1.62. The number of fused-ring (bicyclic) bond motifs is 1. The minimum absolute atomic E-state index is 0.0894. The summed E-state index contributed by atoms with van der Waals surface area (Å²) in [5, 5.41) is 5.70. The van der Waals surface area contributed by atoms with Crippen molar-refractivity contribution in [3.63, 3.8) is 0 Å². The predicted octanol–water partition coefficient (Wildman–Crippen LogP) is 4.18. The van der Waals surface area contributed by atoms with Gasteiger partial charge in [-0.1, -0.05) is 60.1 Å². The molecule has 1 aromatic heterocycles. The molecule has 0 radical (unpaired) electrons. The van der Waals surface area contributed by atoms with Gasteiger partial charge in [0, 0.05) is 10.9 Å². The first kappa shape index (κ1) is 21.8. The second-order valence-electron chi connectivity index (χ2n) is 6.98. The van der Waals surface area contributed by atoms with Gasteiger partial charge in [0.2, 0.25) is 15.8 Å². The van der Waals surface area contributed by atoms with Gasteiger partial charge in [-0.05, 0) is 29.8 Å². The molecule has 3 aromatic carbocycles. The Labute approximate surface area is 188 Å².